The summed E-state index contributed by atoms with van der Waals surface area (Å²) in [7, 11) is 2.15. The summed E-state index contributed by atoms with van der Waals surface area (Å²) < 4.78 is 2.30. The van der Waals surface area contributed by atoms with E-state index in [1.54, 1.807) is 0 Å². The van der Waals surface area contributed by atoms with Gasteiger partial charge in [-0.15, -0.1) is 0 Å². The van der Waals surface area contributed by atoms with Gasteiger partial charge in [-0.25, -0.2) is 0 Å². The highest BCUT2D eigenvalue weighted by Gasteiger charge is 2.17. The molecular formula is C25H18N2. The Hall–Kier alpha value is -3.39. The molecule has 2 nitrogen and oxygen atoms in total. The van der Waals surface area contributed by atoms with E-state index in [-0.39, 0.29) is 0 Å². The SMILES string of the molecule is Cn1c2ccc(C3=Nc4ccccc4C3)cc2c2c3ccccc3ccc21. The fraction of sp³-hybridized carbons (Fsp3) is 0.0800. The third-order valence-electron chi connectivity index (χ3n) is 5.83. The average Bonchev–Trinajstić information content (AvgIpc) is 3.27. The first-order valence-corrected chi connectivity index (χ1v) is 9.35. The minimum Gasteiger partial charge on any atom is -0.344 e. The third kappa shape index (κ3) is 2.04. The summed E-state index contributed by atoms with van der Waals surface area (Å²) in [5.41, 5.74) is 7.35. The fourth-order valence-corrected chi connectivity index (χ4v) is 4.46. The first-order valence-electron chi connectivity index (χ1n) is 9.35. The molecule has 128 valence electrons. The van der Waals surface area contributed by atoms with E-state index in [4.69, 9.17) is 4.99 Å². The molecule has 1 aliphatic heterocycles. The largest absolute Gasteiger partial charge is 0.344 e. The number of nitrogens with zero attached hydrogens (tertiary/aromatic N) is 2. The van der Waals surface area contributed by atoms with Gasteiger partial charge in [0.1, 0.15) is 0 Å². The average molecular weight is 346 g/mol. The van der Waals surface area contributed by atoms with Crippen LogP contribution in [0.15, 0.2) is 83.9 Å². The Morgan fingerprint density at radius 2 is 1.59 bits per heavy atom. The molecular weight excluding hydrogens is 328 g/mol. The Balaban J connectivity index is 1.64. The van der Waals surface area contributed by atoms with Gasteiger partial charge in [0, 0.05) is 35.3 Å². The van der Waals surface area contributed by atoms with Crippen LogP contribution < -0.4 is 0 Å². The predicted octanol–water partition coefficient (Wildman–Crippen LogP) is 6.16. The monoisotopic (exact) mass is 346 g/mol. The van der Waals surface area contributed by atoms with E-state index in [1.807, 2.05) is 0 Å². The zero-order valence-corrected chi connectivity index (χ0v) is 15.1. The Bertz CT molecular complexity index is 1400. The number of aromatic nitrogens is 1. The van der Waals surface area contributed by atoms with Crippen LogP contribution in [0.1, 0.15) is 11.1 Å². The van der Waals surface area contributed by atoms with Crippen LogP contribution in [0.3, 0.4) is 0 Å². The molecule has 0 bridgehead atoms. The number of fused-ring (bicyclic) bond motifs is 6. The standard InChI is InChI=1S/C25H18N2/c1-27-23-12-11-18(22-15-17-7-3-5-9-21(17)26-22)14-20(23)25-19-8-4-2-6-16(19)10-13-24(25)27/h2-14H,15H2,1H3. The molecule has 0 saturated carbocycles. The summed E-state index contributed by atoms with van der Waals surface area (Å²) in [6, 6.07) is 28.3. The molecule has 0 atom stereocenters. The van der Waals surface area contributed by atoms with Gasteiger partial charge in [-0.1, -0.05) is 54.6 Å². The second-order valence-corrected chi connectivity index (χ2v) is 7.34. The van der Waals surface area contributed by atoms with Crippen molar-refractivity contribution < 1.29 is 0 Å². The first kappa shape index (κ1) is 14.7. The summed E-state index contributed by atoms with van der Waals surface area (Å²) in [5, 5.41) is 5.24. The number of aryl methyl sites for hydroxylation is 1. The lowest BCUT2D eigenvalue weighted by molar-refractivity contribution is 1.01. The van der Waals surface area contributed by atoms with Gasteiger partial charge in [0.2, 0.25) is 0 Å². The Kier molecular flexibility index (Phi) is 2.90. The van der Waals surface area contributed by atoms with Crippen molar-refractivity contribution in [3.8, 4) is 0 Å². The Morgan fingerprint density at radius 1 is 0.778 bits per heavy atom. The van der Waals surface area contributed by atoms with Crippen LogP contribution in [0.5, 0.6) is 0 Å². The van der Waals surface area contributed by atoms with Crippen molar-refractivity contribution in [2.24, 2.45) is 12.0 Å². The zero-order valence-electron chi connectivity index (χ0n) is 15.1. The summed E-state index contributed by atoms with van der Waals surface area (Å²) in [4.78, 5) is 4.89. The van der Waals surface area contributed by atoms with Gasteiger partial charge in [-0.05, 0) is 46.2 Å². The summed E-state index contributed by atoms with van der Waals surface area (Å²) in [6.45, 7) is 0. The number of benzene rings is 4. The molecule has 27 heavy (non-hydrogen) atoms. The van der Waals surface area contributed by atoms with E-state index < -0.39 is 0 Å². The number of rotatable bonds is 1. The Labute approximate surface area is 157 Å². The minimum absolute atomic E-state index is 0.910. The van der Waals surface area contributed by atoms with Gasteiger partial charge < -0.3 is 4.57 Å². The van der Waals surface area contributed by atoms with Crippen LogP contribution in [0.4, 0.5) is 5.69 Å². The van der Waals surface area contributed by atoms with Crippen LogP contribution >= 0.6 is 0 Å². The number of hydrogen-bond acceptors (Lipinski definition) is 1. The first-order chi connectivity index (χ1) is 13.3. The number of para-hydroxylation sites is 1. The maximum atomic E-state index is 4.89. The molecule has 0 fully saturated rings. The van der Waals surface area contributed by atoms with Crippen LogP contribution in [-0.2, 0) is 13.5 Å². The normalized spacial score (nSPS) is 13.4. The van der Waals surface area contributed by atoms with E-state index in [0.717, 1.165) is 17.8 Å². The van der Waals surface area contributed by atoms with Crippen molar-refractivity contribution in [2.45, 2.75) is 6.42 Å². The molecule has 5 aromatic rings. The van der Waals surface area contributed by atoms with Crippen molar-refractivity contribution in [3.63, 3.8) is 0 Å². The molecule has 0 saturated heterocycles. The van der Waals surface area contributed by atoms with E-state index >= 15 is 0 Å². The molecule has 0 spiro atoms. The van der Waals surface area contributed by atoms with E-state index in [1.165, 1.54) is 43.7 Å². The van der Waals surface area contributed by atoms with E-state index in [9.17, 15) is 0 Å². The smallest absolute Gasteiger partial charge is 0.0669 e. The van der Waals surface area contributed by atoms with Crippen molar-refractivity contribution in [3.05, 3.63) is 90.0 Å². The van der Waals surface area contributed by atoms with Gasteiger partial charge in [0.15, 0.2) is 0 Å². The quantitative estimate of drug-likeness (QED) is 0.346. The molecule has 2 heterocycles. The molecule has 6 rings (SSSR count). The highest BCUT2D eigenvalue weighted by Crippen LogP contribution is 2.36. The van der Waals surface area contributed by atoms with Crippen molar-refractivity contribution in [2.75, 3.05) is 0 Å². The van der Waals surface area contributed by atoms with Crippen LogP contribution in [0.2, 0.25) is 0 Å². The van der Waals surface area contributed by atoms with Crippen molar-refractivity contribution in [1.29, 1.82) is 0 Å². The maximum absolute atomic E-state index is 4.89. The third-order valence-corrected chi connectivity index (χ3v) is 5.83. The second-order valence-electron chi connectivity index (χ2n) is 7.34. The van der Waals surface area contributed by atoms with Gasteiger partial charge >= 0.3 is 0 Å². The maximum Gasteiger partial charge on any atom is 0.0669 e. The van der Waals surface area contributed by atoms with Gasteiger partial charge in [0.25, 0.3) is 0 Å². The number of aliphatic imine (C=N–C) groups is 1. The molecule has 0 unspecified atom stereocenters. The molecule has 0 amide bonds. The molecule has 1 aliphatic rings. The fourth-order valence-electron chi connectivity index (χ4n) is 4.46. The Morgan fingerprint density at radius 3 is 2.52 bits per heavy atom. The summed E-state index contributed by atoms with van der Waals surface area (Å²) >= 11 is 0. The molecule has 1 aromatic heterocycles. The predicted molar refractivity (Wildman–Crippen MR) is 114 cm³/mol. The minimum atomic E-state index is 0.910. The van der Waals surface area contributed by atoms with Gasteiger partial charge in [0.05, 0.1) is 11.4 Å². The topological polar surface area (TPSA) is 17.3 Å². The van der Waals surface area contributed by atoms with E-state index in [2.05, 4.69) is 90.5 Å². The van der Waals surface area contributed by atoms with Crippen molar-refractivity contribution in [1.82, 2.24) is 4.57 Å². The van der Waals surface area contributed by atoms with Crippen LogP contribution in [-0.4, -0.2) is 10.3 Å². The zero-order chi connectivity index (χ0) is 18.0. The molecule has 0 aliphatic carbocycles. The lowest BCUT2D eigenvalue weighted by Gasteiger charge is -2.03. The van der Waals surface area contributed by atoms with Gasteiger partial charge in [-0.2, -0.15) is 0 Å². The molecule has 4 aromatic carbocycles. The molecule has 0 N–H and O–H groups in total. The van der Waals surface area contributed by atoms with Gasteiger partial charge in [-0.3, -0.25) is 4.99 Å². The number of hydrogen-bond donors (Lipinski definition) is 0. The van der Waals surface area contributed by atoms with E-state index in [0.29, 0.717) is 0 Å². The van der Waals surface area contributed by atoms with Crippen LogP contribution in [0.25, 0.3) is 32.6 Å². The molecule has 2 heteroatoms. The van der Waals surface area contributed by atoms with Crippen LogP contribution in [0, 0.1) is 0 Å². The van der Waals surface area contributed by atoms with Crippen molar-refractivity contribution >= 4 is 44.0 Å². The lowest BCUT2D eigenvalue weighted by Crippen LogP contribution is -2.00. The second kappa shape index (κ2) is 5.31. The summed E-state index contributed by atoms with van der Waals surface area (Å²) in [5.74, 6) is 0. The summed E-state index contributed by atoms with van der Waals surface area (Å²) in [6.07, 6.45) is 0.910. The molecule has 0 radical (unpaired) electrons. The highest BCUT2D eigenvalue weighted by atomic mass is 14.9. The highest BCUT2D eigenvalue weighted by molar-refractivity contribution is 6.22. The lowest BCUT2D eigenvalue weighted by atomic mass is 10.00.